The van der Waals surface area contributed by atoms with E-state index in [1.807, 2.05) is 0 Å². The van der Waals surface area contributed by atoms with Gasteiger partial charge in [-0.15, -0.1) is 0 Å². The lowest BCUT2D eigenvalue weighted by Gasteiger charge is -2.13. The van der Waals surface area contributed by atoms with Crippen molar-refractivity contribution < 1.29 is 35.9 Å². The minimum atomic E-state index is -4.60. The third kappa shape index (κ3) is 6.67. The highest BCUT2D eigenvalue weighted by molar-refractivity contribution is 9.11. The van der Waals surface area contributed by atoms with Crippen LogP contribution in [0.5, 0.6) is 0 Å². The number of rotatable bonds is 4. The smallest absolute Gasteiger partial charge is 0.343 e. The molecule has 0 saturated heterocycles. The van der Waals surface area contributed by atoms with Crippen molar-refractivity contribution in [3.63, 3.8) is 0 Å². The van der Waals surface area contributed by atoms with E-state index in [0.717, 1.165) is 12.1 Å². The average molecular weight is 486 g/mol. The molecule has 0 aliphatic rings. The Labute approximate surface area is 148 Å². The van der Waals surface area contributed by atoms with E-state index in [4.69, 9.17) is 0 Å². The van der Waals surface area contributed by atoms with E-state index in [0.29, 0.717) is 0 Å². The third-order valence-electron chi connectivity index (χ3n) is 2.44. The SMILES string of the molecule is O=C(NCC(F)(F)F)c1cc(Br)c(C(=O)NCC(F)(F)F)cc1Br. The molecule has 2 N–H and O–H groups in total. The van der Waals surface area contributed by atoms with Crippen molar-refractivity contribution in [1.29, 1.82) is 0 Å². The van der Waals surface area contributed by atoms with Crippen molar-refractivity contribution in [1.82, 2.24) is 10.6 Å². The normalized spacial score (nSPS) is 12.0. The Balaban J connectivity index is 2.93. The molecule has 1 rings (SSSR count). The van der Waals surface area contributed by atoms with Gasteiger partial charge in [0.2, 0.25) is 0 Å². The van der Waals surface area contributed by atoms with Crippen LogP contribution in [0, 0.1) is 0 Å². The van der Waals surface area contributed by atoms with E-state index >= 15 is 0 Å². The molecule has 12 heteroatoms. The lowest BCUT2D eigenvalue weighted by molar-refractivity contribution is -0.123. The van der Waals surface area contributed by atoms with Gasteiger partial charge in [-0.2, -0.15) is 26.3 Å². The first-order valence-electron chi connectivity index (χ1n) is 5.99. The highest BCUT2D eigenvalue weighted by Crippen LogP contribution is 2.27. The maximum atomic E-state index is 12.1. The molecule has 4 nitrogen and oxygen atoms in total. The van der Waals surface area contributed by atoms with Crippen LogP contribution in [0.25, 0.3) is 0 Å². The maximum Gasteiger partial charge on any atom is 0.405 e. The summed E-state index contributed by atoms with van der Waals surface area (Å²) < 4.78 is 72.4. The topological polar surface area (TPSA) is 58.2 Å². The third-order valence-corrected chi connectivity index (χ3v) is 3.76. The van der Waals surface area contributed by atoms with Gasteiger partial charge in [-0.1, -0.05) is 0 Å². The molecule has 0 aliphatic carbocycles. The molecule has 0 atom stereocenters. The molecule has 0 bridgehead atoms. The fraction of sp³-hybridized carbons (Fsp3) is 0.333. The van der Waals surface area contributed by atoms with E-state index in [1.165, 1.54) is 0 Å². The zero-order valence-electron chi connectivity index (χ0n) is 11.4. The van der Waals surface area contributed by atoms with Crippen LogP contribution < -0.4 is 10.6 Å². The first-order chi connectivity index (χ1) is 10.8. The van der Waals surface area contributed by atoms with E-state index in [1.54, 1.807) is 10.6 Å². The van der Waals surface area contributed by atoms with Crippen LogP contribution in [0.3, 0.4) is 0 Å². The number of alkyl halides is 6. The zero-order chi connectivity index (χ0) is 18.7. The zero-order valence-corrected chi connectivity index (χ0v) is 14.6. The molecule has 0 radical (unpaired) electrons. The Morgan fingerprint density at radius 2 is 1.08 bits per heavy atom. The van der Waals surface area contributed by atoms with Crippen molar-refractivity contribution >= 4 is 43.7 Å². The first-order valence-corrected chi connectivity index (χ1v) is 7.58. The lowest BCUT2D eigenvalue weighted by atomic mass is 10.1. The summed E-state index contributed by atoms with van der Waals surface area (Å²) in [7, 11) is 0. The molecule has 1 aromatic rings. The second-order valence-electron chi connectivity index (χ2n) is 4.41. The van der Waals surface area contributed by atoms with E-state index in [9.17, 15) is 35.9 Å². The molecule has 24 heavy (non-hydrogen) atoms. The fourth-order valence-corrected chi connectivity index (χ4v) is 2.49. The Kier molecular flexibility index (Phi) is 6.67. The summed E-state index contributed by atoms with van der Waals surface area (Å²) in [5.41, 5.74) is -0.447. The van der Waals surface area contributed by atoms with Crippen LogP contribution >= 0.6 is 31.9 Å². The van der Waals surface area contributed by atoms with Crippen molar-refractivity contribution in [2.45, 2.75) is 12.4 Å². The largest absolute Gasteiger partial charge is 0.405 e. The Hall–Kier alpha value is -1.30. The first kappa shape index (κ1) is 20.7. The summed E-state index contributed by atoms with van der Waals surface area (Å²) in [6.45, 7) is -3.10. The second kappa shape index (κ2) is 7.72. The predicted molar refractivity (Wildman–Crippen MR) is 78.6 cm³/mol. The summed E-state index contributed by atoms with van der Waals surface area (Å²) in [5, 5.41) is 3.27. The van der Waals surface area contributed by atoms with Gasteiger partial charge in [0.15, 0.2) is 0 Å². The molecule has 0 aromatic heterocycles. The number of nitrogens with one attached hydrogen (secondary N) is 2. The molecule has 0 fully saturated rings. The predicted octanol–water partition coefficient (Wildman–Crippen LogP) is 3.80. The minimum absolute atomic E-state index is 0.0532. The van der Waals surface area contributed by atoms with Crippen molar-refractivity contribution in [3.8, 4) is 0 Å². The fourth-order valence-electron chi connectivity index (χ4n) is 1.45. The number of halogens is 8. The summed E-state index contributed by atoms with van der Waals surface area (Å²) in [6.07, 6.45) is -9.20. The van der Waals surface area contributed by atoms with Gasteiger partial charge in [0.25, 0.3) is 11.8 Å². The second-order valence-corrected chi connectivity index (χ2v) is 6.12. The minimum Gasteiger partial charge on any atom is -0.343 e. The van der Waals surface area contributed by atoms with Crippen molar-refractivity contribution in [3.05, 3.63) is 32.2 Å². The van der Waals surface area contributed by atoms with Gasteiger partial charge in [0.1, 0.15) is 13.1 Å². The molecule has 0 unspecified atom stereocenters. The van der Waals surface area contributed by atoms with Gasteiger partial charge in [-0.25, -0.2) is 0 Å². The van der Waals surface area contributed by atoms with Gasteiger partial charge in [-0.3, -0.25) is 9.59 Å². The monoisotopic (exact) mass is 484 g/mol. The number of carbonyl (C=O) groups is 2. The van der Waals surface area contributed by atoms with Crippen LogP contribution in [-0.2, 0) is 0 Å². The van der Waals surface area contributed by atoms with E-state index < -0.39 is 37.3 Å². The standard InChI is InChI=1S/C12H8Br2F6N2O2/c13-7-1-5(9(23)21-3-11(15,16)17)8(14)2-6(7)10(24)22-4-12(18,19)20/h1-2H,3-4H2,(H,21,23)(H,22,24). The molecule has 0 spiro atoms. The number of hydrogen-bond donors (Lipinski definition) is 2. The average Bonchev–Trinajstić information content (AvgIpc) is 2.42. The van der Waals surface area contributed by atoms with Crippen LogP contribution in [0.4, 0.5) is 26.3 Å². The van der Waals surface area contributed by atoms with Crippen LogP contribution in [0.1, 0.15) is 20.7 Å². The quantitative estimate of drug-likeness (QED) is 0.637. The highest BCUT2D eigenvalue weighted by Gasteiger charge is 2.30. The van der Waals surface area contributed by atoms with Crippen molar-refractivity contribution in [2.24, 2.45) is 0 Å². The Bertz CT molecular complexity index is 590. The number of amides is 2. The molecule has 134 valence electrons. The summed E-state index contributed by atoms with van der Waals surface area (Å²) >= 11 is 5.79. The van der Waals surface area contributed by atoms with E-state index in [-0.39, 0.29) is 20.1 Å². The Morgan fingerprint density at radius 3 is 1.33 bits per heavy atom. The summed E-state index contributed by atoms with van der Waals surface area (Å²) in [5.74, 6) is -2.13. The Morgan fingerprint density at radius 1 is 0.792 bits per heavy atom. The summed E-state index contributed by atoms with van der Waals surface area (Å²) in [4.78, 5) is 23.4. The van der Waals surface area contributed by atoms with Gasteiger partial charge in [0.05, 0.1) is 11.1 Å². The molecule has 1 aromatic carbocycles. The van der Waals surface area contributed by atoms with Gasteiger partial charge in [0, 0.05) is 8.95 Å². The van der Waals surface area contributed by atoms with Crippen molar-refractivity contribution in [2.75, 3.05) is 13.1 Å². The number of hydrogen-bond acceptors (Lipinski definition) is 2. The molecule has 0 aliphatic heterocycles. The summed E-state index contributed by atoms with van der Waals surface area (Å²) in [6, 6.07) is 2.05. The maximum absolute atomic E-state index is 12.1. The molecular weight excluding hydrogens is 478 g/mol. The molecule has 0 heterocycles. The highest BCUT2D eigenvalue weighted by atomic mass is 79.9. The number of carbonyl (C=O) groups excluding carboxylic acids is 2. The number of benzene rings is 1. The molecular formula is C12H8Br2F6N2O2. The van der Waals surface area contributed by atoms with Crippen LogP contribution in [0.2, 0.25) is 0 Å². The van der Waals surface area contributed by atoms with E-state index in [2.05, 4.69) is 31.9 Å². The van der Waals surface area contributed by atoms with Crippen LogP contribution in [-0.4, -0.2) is 37.3 Å². The van der Waals surface area contributed by atoms with Crippen LogP contribution in [0.15, 0.2) is 21.1 Å². The van der Waals surface area contributed by atoms with Gasteiger partial charge in [-0.05, 0) is 44.0 Å². The molecule has 2 amide bonds. The molecule has 0 saturated carbocycles. The van der Waals surface area contributed by atoms with Gasteiger partial charge < -0.3 is 10.6 Å². The van der Waals surface area contributed by atoms with Gasteiger partial charge >= 0.3 is 12.4 Å². The lowest BCUT2D eigenvalue weighted by Crippen LogP contribution is -2.35.